The molecule has 4 nitrogen and oxygen atoms in total. The Morgan fingerprint density at radius 2 is 1.68 bits per heavy atom. The molecule has 1 aliphatic rings. The number of fused-ring (bicyclic) bond motifs is 1. The number of nitrogens with one attached hydrogen (secondary N) is 2. The van der Waals surface area contributed by atoms with Gasteiger partial charge in [0.1, 0.15) is 0 Å². The van der Waals surface area contributed by atoms with Crippen LogP contribution >= 0.6 is 0 Å². The van der Waals surface area contributed by atoms with E-state index in [1.165, 1.54) is 5.56 Å². The second kappa shape index (κ2) is 7.09. The van der Waals surface area contributed by atoms with Crippen molar-refractivity contribution in [3.8, 4) is 0 Å². The second-order valence-corrected chi connectivity index (χ2v) is 6.94. The van der Waals surface area contributed by atoms with Crippen LogP contribution in [-0.2, 0) is 11.2 Å². The first-order chi connectivity index (χ1) is 11.9. The van der Waals surface area contributed by atoms with Gasteiger partial charge in [-0.15, -0.1) is 0 Å². The van der Waals surface area contributed by atoms with E-state index < -0.39 is 0 Å². The fourth-order valence-electron chi connectivity index (χ4n) is 3.06. The Balaban J connectivity index is 1.70. The zero-order valence-corrected chi connectivity index (χ0v) is 14.9. The van der Waals surface area contributed by atoms with Crippen molar-refractivity contribution in [2.24, 2.45) is 0 Å². The van der Waals surface area contributed by atoms with Gasteiger partial charge in [0.25, 0.3) is 5.91 Å². The van der Waals surface area contributed by atoms with Gasteiger partial charge in [-0.2, -0.15) is 0 Å². The minimum atomic E-state index is -0.0971. The molecular formula is C21H24N2O2. The molecule has 0 saturated carbocycles. The molecule has 1 aliphatic heterocycles. The number of carbonyl (C=O) groups is 2. The van der Waals surface area contributed by atoms with Crippen molar-refractivity contribution in [1.29, 1.82) is 0 Å². The topological polar surface area (TPSA) is 58.2 Å². The Morgan fingerprint density at radius 1 is 1.00 bits per heavy atom. The Bertz CT molecular complexity index is 794. The van der Waals surface area contributed by atoms with Gasteiger partial charge in [0, 0.05) is 17.7 Å². The summed E-state index contributed by atoms with van der Waals surface area (Å²) in [7, 11) is 0. The quantitative estimate of drug-likeness (QED) is 0.880. The molecule has 1 unspecified atom stereocenters. The highest BCUT2D eigenvalue weighted by Crippen LogP contribution is 2.24. The Labute approximate surface area is 148 Å². The third kappa shape index (κ3) is 3.90. The van der Waals surface area contributed by atoms with Gasteiger partial charge in [0.15, 0.2) is 0 Å². The molecule has 1 heterocycles. The molecule has 4 heteroatoms. The highest BCUT2D eigenvalue weighted by Gasteiger charge is 2.18. The second-order valence-electron chi connectivity index (χ2n) is 6.94. The van der Waals surface area contributed by atoms with Gasteiger partial charge in [-0.05, 0) is 54.2 Å². The molecule has 0 aliphatic carbocycles. The molecule has 25 heavy (non-hydrogen) atoms. The van der Waals surface area contributed by atoms with E-state index >= 15 is 0 Å². The third-order valence-electron chi connectivity index (χ3n) is 4.71. The summed E-state index contributed by atoms with van der Waals surface area (Å²) < 4.78 is 0. The lowest BCUT2D eigenvalue weighted by Gasteiger charge is -2.19. The van der Waals surface area contributed by atoms with E-state index in [0.717, 1.165) is 16.8 Å². The van der Waals surface area contributed by atoms with Crippen LogP contribution in [0.25, 0.3) is 0 Å². The van der Waals surface area contributed by atoms with Crippen molar-refractivity contribution in [3.05, 3.63) is 64.7 Å². The van der Waals surface area contributed by atoms with Crippen LogP contribution in [0, 0.1) is 0 Å². The van der Waals surface area contributed by atoms with E-state index in [4.69, 9.17) is 0 Å². The van der Waals surface area contributed by atoms with E-state index in [-0.39, 0.29) is 17.9 Å². The van der Waals surface area contributed by atoms with Crippen LogP contribution < -0.4 is 10.6 Å². The summed E-state index contributed by atoms with van der Waals surface area (Å²) in [6, 6.07) is 13.8. The molecule has 0 fully saturated rings. The van der Waals surface area contributed by atoms with E-state index in [9.17, 15) is 9.59 Å². The average Bonchev–Trinajstić information content (AvgIpc) is 2.61. The Morgan fingerprint density at radius 3 is 2.36 bits per heavy atom. The first-order valence-electron chi connectivity index (χ1n) is 8.77. The molecule has 2 amide bonds. The number of hydrogen-bond donors (Lipinski definition) is 2. The molecule has 0 saturated heterocycles. The molecule has 0 aromatic heterocycles. The van der Waals surface area contributed by atoms with E-state index in [2.05, 4.69) is 48.7 Å². The van der Waals surface area contributed by atoms with Crippen LogP contribution in [0.4, 0.5) is 5.69 Å². The fraction of sp³-hybridized carbons (Fsp3) is 0.333. The van der Waals surface area contributed by atoms with Crippen LogP contribution in [0.3, 0.4) is 0 Å². The lowest BCUT2D eigenvalue weighted by atomic mass is 9.98. The van der Waals surface area contributed by atoms with E-state index in [0.29, 0.717) is 24.3 Å². The number of rotatable bonds is 4. The molecule has 2 N–H and O–H groups in total. The predicted molar refractivity (Wildman–Crippen MR) is 99.8 cm³/mol. The van der Waals surface area contributed by atoms with Gasteiger partial charge in [-0.1, -0.05) is 38.1 Å². The molecule has 0 spiro atoms. The smallest absolute Gasteiger partial charge is 0.251 e. The highest BCUT2D eigenvalue weighted by atomic mass is 16.2. The Hall–Kier alpha value is -2.62. The average molecular weight is 336 g/mol. The van der Waals surface area contributed by atoms with Crippen LogP contribution in [0.5, 0.6) is 0 Å². The van der Waals surface area contributed by atoms with Gasteiger partial charge in [0.2, 0.25) is 5.91 Å². The molecule has 130 valence electrons. The predicted octanol–water partition coefficient (Wildman–Crippen LogP) is 4.19. The van der Waals surface area contributed by atoms with E-state index in [1.807, 2.05) is 19.1 Å². The minimum absolute atomic E-state index is 0.0307. The zero-order chi connectivity index (χ0) is 18.0. The molecule has 1 atom stereocenters. The monoisotopic (exact) mass is 336 g/mol. The summed E-state index contributed by atoms with van der Waals surface area (Å²) in [6.45, 7) is 6.32. The molecule has 2 aromatic carbocycles. The van der Waals surface area contributed by atoms with Gasteiger partial charge >= 0.3 is 0 Å². The zero-order valence-electron chi connectivity index (χ0n) is 14.9. The molecule has 3 rings (SSSR count). The first kappa shape index (κ1) is 17.2. The van der Waals surface area contributed by atoms with Crippen molar-refractivity contribution in [3.63, 3.8) is 0 Å². The maximum atomic E-state index is 12.6. The summed E-state index contributed by atoms with van der Waals surface area (Å²) >= 11 is 0. The van der Waals surface area contributed by atoms with Crippen LogP contribution in [0.1, 0.15) is 66.2 Å². The maximum Gasteiger partial charge on any atom is 0.251 e. The first-order valence-corrected chi connectivity index (χ1v) is 8.77. The maximum absolute atomic E-state index is 12.6. The minimum Gasteiger partial charge on any atom is -0.346 e. The summed E-state index contributed by atoms with van der Waals surface area (Å²) in [5, 5.41) is 5.89. The van der Waals surface area contributed by atoms with Crippen molar-refractivity contribution in [2.45, 2.75) is 45.6 Å². The van der Waals surface area contributed by atoms with Gasteiger partial charge < -0.3 is 10.6 Å². The summed E-state index contributed by atoms with van der Waals surface area (Å²) in [5.41, 5.74) is 4.83. The molecule has 0 bridgehead atoms. The van der Waals surface area contributed by atoms with Crippen molar-refractivity contribution < 1.29 is 9.59 Å². The SMILES string of the molecule is CC(C)c1ccc(C(C)NC(=O)c2ccc3c(c2)CCC(=O)N3)cc1. The lowest BCUT2D eigenvalue weighted by molar-refractivity contribution is -0.116. The van der Waals surface area contributed by atoms with Crippen molar-refractivity contribution >= 4 is 17.5 Å². The number of amides is 2. The third-order valence-corrected chi connectivity index (χ3v) is 4.71. The van der Waals surface area contributed by atoms with Crippen molar-refractivity contribution in [2.75, 3.05) is 5.32 Å². The number of aryl methyl sites for hydroxylation is 1. The van der Waals surface area contributed by atoms with Crippen LogP contribution in [0.15, 0.2) is 42.5 Å². The van der Waals surface area contributed by atoms with E-state index in [1.54, 1.807) is 6.07 Å². The molecular weight excluding hydrogens is 312 g/mol. The largest absolute Gasteiger partial charge is 0.346 e. The number of carbonyl (C=O) groups excluding carboxylic acids is 2. The Kier molecular flexibility index (Phi) is 4.88. The lowest BCUT2D eigenvalue weighted by Crippen LogP contribution is -2.27. The van der Waals surface area contributed by atoms with Crippen molar-refractivity contribution in [1.82, 2.24) is 5.32 Å². The van der Waals surface area contributed by atoms with Gasteiger partial charge in [-0.25, -0.2) is 0 Å². The summed E-state index contributed by atoms with van der Waals surface area (Å²) in [4.78, 5) is 24.0. The number of benzene rings is 2. The fourth-order valence-corrected chi connectivity index (χ4v) is 3.06. The normalized spacial score (nSPS) is 14.6. The standard InChI is InChI=1S/C21H24N2O2/c1-13(2)15-4-6-16(7-5-15)14(3)22-21(25)18-8-10-19-17(12-18)9-11-20(24)23-19/h4-8,10,12-14H,9,11H2,1-3H3,(H,22,25)(H,23,24). The summed E-state index contributed by atoms with van der Waals surface area (Å²) in [5.74, 6) is 0.429. The number of anilines is 1. The molecule has 2 aromatic rings. The number of hydrogen-bond acceptors (Lipinski definition) is 2. The molecule has 0 radical (unpaired) electrons. The summed E-state index contributed by atoms with van der Waals surface area (Å²) in [6.07, 6.45) is 1.14. The van der Waals surface area contributed by atoms with Crippen LogP contribution in [-0.4, -0.2) is 11.8 Å². The highest BCUT2D eigenvalue weighted by molar-refractivity contribution is 5.98. The van der Waals surface area contributed by atoms with Crippen LogP contribution in [0.2, 0.25) is 0 Å². The van der Waals surface area contributed by atoms with Gasteiger partial charge in [-0.3, -0.25) is 9.59 Å². The van der Waals surface area contributed by atoms with Gasteiger partial charge in [0.05, 0.1) is 6.04 Å².